The molecule has 0 radical (unpaired) electrons. The Kier molecular flexibility index (Phi) is 1.40. The second-order valence-corrected chi connectivity index (χ2v) is 1.55. The molecule has 1 heterocycles. The number of anilines is 1. The normalized spacial score (nSPS) is 8.89. The lowest BCUT2D eigenvalue weighted by Gasteiger charge is -1.92. The highest BCUT2D eigenvalue weighted by Crippen LogP contribution is 2.17. The van der Waals surface area contributed by atoms with Gasteiger partial charge < -0.3 is 5.73 Å². The van der Waals surface area contributed by atoms with Gasteiger partial charge in [0.15, 0.2) is 0 Å². The van der Waals surface area contributed by atoms with Crippen molar-refractivity contribution in [3.63, 3.8) is 0 Å². The molecule has 0 saturated heterocycles. The molecule has 1 aromatic heterocycles. The van der Waals surface area contributed by atoms with Crippen molar-refractivity contribution >= 4 is 11.4 Å². The van der Waals surface area contributed by atoms with E-state index in [1.165, 1.54) is 6.20 Å². The van der Waals surface area contributed by atoms with Crippen LogP contribution in [0.3, 0.4) is 0 Å². The Hall–Kier alpha value is -1.45. The fourth-order valence-corrected chi connectivity index (χ4v) is 0.490. The van der Waals surface area contributed by atoms with Crippen LogP contribution >= 0.6 is 0 Å². The van der Waals surface area contributed by atoms with Crippen molar-refractivity contribution in [2.45, 2.75) is 0 Å². The third-order valence-electron chi connectivity index (χ3n) is 0.953. The monoisotopic (exact) mass is 122 g/mol. The van der Waals surface area contributed by atoms with Crippen molar-refractivity contribution in [3.8, 4) is 0 Å². The lowest BCUT2D eigenvalue weighted by atomic mass is 10.4. The van der Waals surface area contributed by atoms with E-state index in [-0.39, 0.29) is 0 Å². The minimum Gasteiger partial charge on any atom is -0.397 e. The molecule has 4 heteroatoms. The molecule has 0 aliphatic rings. The lowest BCUT2D eigenvalue weighted by molar-refractivity contribution is 1.13. The minimum absolute atomic E-state index is 0.414. The summed E-state index contributed by atoms with van der Waals surface area (Å²) in [5.74, 6) is 0. The van der Waals surface area contributed by atoms with Crippen LogP contribution in [0.1, 0.15) is 0 Å². The van der Waals surface area contributed by atoms with Crippen molar-refractivity contribution < 1.29 is 0 Å². The average Bonchev–Trinajstić information content (AvgIpc) is 1.89. The molecule has 0 spiro atoms. The standard InChI is InChI=1S/C5H6N4/c6-4-1-2-8-3-5(4)9-7/h1-3,7H,(H2,6,8). The zero-order valence-corrected chi connectivity index (χ0v) is 4.70. The van der Waals surface area contributed by atoms with E-state index in [1.54, 1.807) is 12.3 Å². The number of nitrogen functional groups attached to an aromatic ring is 1. The molecule has 0 unspecified atom stereocenters. The minimum atomic E-state index is 0.414. The van der Waals surface area contributed by atoms with E-state index < -0.39 is 0 Å². The Morgan fingerprint density at radius 1 is 1.67 bits per heavy atom. The number of aromatic nitrogens is 1. The van der Waals surface area contributed by atoms with E-state index in [2.05, 4.69) is 10.1 Å². The molecule has 1 rings (SSSR count). The molecule has 0 amide bonds. The molecule has 0 aliphatic heterocycles. The molecule has 4 nitrogen and oxygen atoms in total. The Balaban J connectivity index is 3.15. The zero-order valence-electron chi connectivity index (χ0n) is 4.70. The van der Waals surface area contributed by atoms with Crippen LogP contribution in [0.4, 0.5) is 11.4 Å². The van der Waals surface area contributed by atoms with E-state index in [0.29, 0.717) is 11.4 Å². The summed E-state index contributed by atoms with van der Waals surface area (Å²) in [6.07, 6.45) is 3.01. The molecular formula is C5H6N4. The van der Waals surface area contributed by atoms with Gasteiger partial charge in [-0.3, -0.25) is 4.98 Å². The van der Waals surface area contributed by atoms with Gasteiger partial charge in [0.05, 0.1) is 11.9 Å². The molecule has 0 saturated carbocycles. The Morgan fingerprint density at radius 3 is 2.89 bits per heavy atom. The van der Waals surface area contributed by atoms with E-state index in [1.807, 2.05) is 0 Å². The number of pyridine rings is 1. The predicted octanol–water partition coefficient (Wildman–Crippen LogP) is 1.33. The number of rotatable bonds is 1. The van der Waals surface area contributed by atoms with Crippen LogP contribution in [0.2, 0.25) is 0 Å². The lowest BCUT2D eigenvalue weighted by Crippen LogP contribution is -1.84. The predicted molar refractivity (Wildman–Crippen MR) is 33.5 cm³/mol. The van der Waals surface area contributed by atoms with Gasteiger partial charge in [0.2, 0.25) is 0 Å². The summed E-state index contributed by atoms with van der Waals surface area (Å²) in [5, 5.41) is 3.13. The largest absolute Gasteiger partial charge is 0.397 e. The van der Waals surface area contributed by atoms with Crippen LogP contribution in [0, 0.1) is 5.53 Å². The first kappa shape index (κ1) is 5.68. The summed E-state index contributed by atoms with van der Waals surface area (Å²) >= 11 is 0. The fraction of sp³-hybridized carbons (Fsp3) is 0. The van der Waals surface area contributed by atoms with Crippen molar-refractivity contribution in [2.24, 2.45) is 5.11 Å². The van der Waals surface area contributed by atoms with Gasteiger partial charge in [0.25, 0.3) is 0 Å². The van der Waals surface area contributed by atoms with Crippen LogP contribution in [0.5, 0.6) is 0 Å². The molecular weight excluding hydrogens is 116 g/mol. The maximum Gasteiger partial charge on any atom is 0.126 e. The van der Waals surface area contributed by atoms with Crippen LogP contribution in [-0.4, -0.2) is 4.98 Å². The number of hydrogen-bond donors (Lipinski definition) is 2. The first-order valence-corrected chi connectivity index (χ1v) is 2.41. The van der Waals surface area contributed by atoms with Gasteiger partial charge >= 0.3 is 0 Å². The number of nitrogens with one attached hydrogen (secondary N) is 1. The van der Waals surface area contributed by atoms with Crippen molar-refractivity contribution in [1.29, 1.82) is 5.53 Å². The first-order chi connectivity index (χ1) is 4.34. The second-order valence-electron chi connectivity index (χ2n) is 1.55. The van der Waals surface area contributed by atoms with Crippen molar-refractivity contribution in [2.75, 3.05) is 5.73 Å². The third-order valence-corrected chi connectivity index (χ3v) is 0.953. The highest BCUT2D eigenvalue weighted by molar-refractivity contribution is 5.59. The van der Waals surface area contributed by atoms with Crippen molar-refractivity contribution in [1.82, 2.24) is 4.98 Å². The molecule has 0 bridgehead atoms. The molecule has 1 aromatic rings. The van der Waals surface area contributed by atoms with Crippen LogP contribution in [0.25, 0.3) is 0 Å². The first-order valence-electron chi connectivity index (χ1n) is 2.41. The maximum absolute atomic E-state index is 6.59. The third kappa shape index (κ3) is 1.02. The van der Waals surface area contributed by atoms with Gasteiger partial charge in [0, 0.05) is 6.20 Å². The highest BCUT2D eigenvalue weighted by Gasteiger charge is 1.91. The smallest absolute Gasteiger partial charge is 0.126 e. The van der Waals surface area contributed by atoms with E-state index in [0.717, 1.165) is 0 Å². The van der Waals surface area contributed by atoms with Gasteiger partial charge in [-0.05, 0) is 6.07 Å². The summed E-state index contributed by atoms with van der Waals surface area (Å²) in [6, 6.07) is 1.60. The fourth-order valence-electron chi connectivity index (χ4n) is 0.490. The van der Waals surface area contributed by atoms with E-state index >= 15 is 0 Å². The van der Waals surface area contributed by atoms with Gasteiger partial charge in [-0.1, -0.05) is 0 Å². The number of nitrogens with two attached hydrogens (primary N) is 1. The number of hydrogen-bond acceptors (Lipinski definition) is 4. The second kappa shape index (κ2) is 2.21. The van der Waals surface area contributed by atoms with Crippen molar-refractivity contribution in [3.05, 3.63) is 18.5 Å². The molecule has 0 aromatic carbocycles. The summed E-state index contributed by atoms with van der Waals surface area (Å²) in [4.78, 5) is 3.72. The Bertz CT molecular complexity index is 220. The summed E-state index contributed by atoms with van der Waals surface area (Å²) < 4.78 is 0. The van der Waals surface area contributed by atoms with E-state index in [9.17, 15) is 0 Å². The maximum atomic E-state index is 6.59. The molecule has 0 atom stereocenters. The van der Waals surface area contributed by atoms with Crippen LogP contribution in [0.15, 0.2) is 23.6 Å². The van der Waals surface area contributed by atoms with Gasteiger partial charge in [-0.25, -0.2) is 5.53 Å². The van der Waals surface area contributed by atoms with Gasteiger partial charge in [0.1, 0.15) is 5.69 Å². The summed E-state index contributed by atoms with van der Waals surface area (Å²) in [5.41, 5.74) is 12.9. The van der Waals surface area contributed by atoms with E-state index in [4.69, 9.17) is 11.3 Å². The molecule has 0 aliphatic carbocycles. The zero-order chi connectivity index (χ0) is 6.69. The SMILES string of the molecule is N=Nc1cnccc1N. The van der Waals surface area contributed by atoms with Crippen LogP contribution in [-0.2, 0) is 0 Å². The Labute approximate surface area is 52.2 Å². The molecule has 0 fully saturated rings. The quantitative estimate of drug-likeness (QED) is 0.551. The average molecular weight is 122 g/mol. The topological polar surface area (TPSA) is 75.1 Å². The van der Waals surface area contributed by atoms with Gasteiger partial charge in [-0.2, -0.15) is 5.11 Å². The Morgan fingerprint density at radius 2 is 2.44 bits per heavy atom. The summed E-state index contributed by atoms with van der Waals surface area (Å²) in [7, 11) is 0. The van der Waals surface area contributed by atoms with Crippen LogP contribution < -0.4 is 5.73 Å². The molecule has 46 valence electrons. The number of nitrogens with zero attached hydrogens (tertiary/aromatic N) is 2. The molecule has 3 N–H and O–H groups in total. The highest BCUT2D eigenvalue weighted by atomic mass is 15.0. The van der Waals surface area contributed by atoms with Gasteiger partial charge in [-0.15, -0.1) is 0 Å². The molecule has 9 heavy (non-hydrogen) atoms. The summed E-state index contributed by atoms with van der Waals surface area (Å²) in [6.45, 7) is 0.